The lowest BCUT2D eigenvalue weighted by atomic mass is 10.2. The van der Waals surface area contributed by atoms with Gasteiger partial charge in [0, 0.05) is 22.7 Å². The van der Waals surface area contributed by atoms with Gasteiger partial charge in [0.1, 0.15) is 5.76 Å². The number of hydrogen-bond acceptors (Lipinski definition) is 3. The van der Waals surface area contributed by atoms with E-state index < -0.39 is 0 Å². The minimum atomic E-state index is -0.308. The first-order chi connectivity index (χ1) is 8.56. The Bertz CT molecular complexity index is 581. The number of rotatable bonds is 3. The van der Waals surface area contributed by atoms with Crippen molar-refractivity contribution in [2.45, 2.75) is 13.5 Å². The number of nitrogens with zero attached hydrogens (tertiary/aromatic N) is 1. The number of amides is 1. The zero-order valence-corrected chi connectivity index (χ0v) is 11.0. The van der Waals surface area contributed by atoms with Crippen molar-refractivity contribution >= 4 is 29.1 Å². The second kappa shape index (κ2) is 5.42. The van der Waals surface area contributed by atoms with Crippen molar-refractivity contribution in [2.24, 2.45) is 0 Å². The fourth-order valence-electron chi connectivity index (χ4n) is 1.40. The summed E-state index contributed by atoms with van der Waals surface area (Å²) in [5.74, 6) is 0.280. The van der Waals surface area contributed by atoms with Crippen LogP contribution < -0.4 is 5.32 Å². The van der Waals surface area contributed by atoms with Crippen molar-refractivity contribution in [1.29, 1.82) is 0 Å². The molecule has 0 fully saturated rings. The van der Waals surface area contributed by atoms with Gasteiger partial charge in [-0.3, -0.25) is 4.79 Å². The predicted octanol–water partition coefficient (Wildman–Crippen LogP) is 3.22. The first-order valence-electron chi connectivity index (χ1n) is 5.21. The number of aryl methyl sites for hydroxylation is 1. The normalized spacial score (nSPS) is 10.4. The topological polar surface area (TPSA) is 55.1 Å². The predicted molar refractivity (Wildman–Crippen MR) is 68.9 cm³/mol. The Morgan fingerprint density at radius 1 is 1.39 bits per heavy atom. The van der Waals surface area contributed by atoms with E-state index in [1.807, 2.05) is 0 Å². The van der Waals surface area contributed by atoms with Crippen LogP contribution in [0.1, 0.15) is 21.8 Å². The minimum Gasteiger partial charge on any atom is -0.361 e. The van der Waals surface area contributed by atoms with Gasteiger partial charge < -0.3 is 9.84 Å². The summed E-state index contributed by atoms with van der Waals surface area (Å²) in [6.07, 6.45) is 0. The molecule has 0 aliphatic heterocycles. The number of aromatic nitrogens is 1. The van der Waals surface area contributed by atoms with Crippen LogP contribution in [-0.4, -0.2) is 11.1 Å². The van der Waals surface area contributed by atoms with E-state index in [4.69, 9.17) is 27.7 Å². The largest absolute Gasteiger partial charge is 0.361 e. The molecule has 0 saturated heterocycles. The van der Waals surface area contributed by atoms with E-state index in [-0.39, 0.29) is 11.6 Å². The second-order valence-electron chi connectivity index (χ2n) is 3.74. The molecule has 0 unspecified atom stereocenters. The first-order valence-corrected chi connectivity index (χ1v) is 5.97. The molecule has 6 heteroatoms. The van der Waals surface area contributed by atoms with Gasteiger partial charge in [-0.25, -0.2) is 0 Å². The van der Waals surface area contributed by atoms with Crippen LogP contribution >= 0.6 is 23.2 Å². The molecule has 0 bridgehead atoms. The molecular weight excluding hydrogens is 275 g/mol. The average molecular weight is 285 g/mol. The van der Waals surface area contributed by atoms with E-state index in [1.54, 1.807) is 31.2 Å². The molecule has 2 rings (SSSR count). The summed E-state index contributed by atoms with van der Waals surface area (Å²) in [5.41, 5.74) is 1.03. The Morgan fingerprint density at radius 2 is 2.17 bits per heavy atom. The van der Waals surface area contributed by atoms with Crippen molar-refractivity contribution in [3.63, 3.8) is 0 Å². The molecule has 1 aromatic heterocycles. The second-order valence-corrected chi connectivity index (χ2v) is 4.58. The molecule has 1 N–H and O–H groups in total. The van der Waals surface area contributed by atoms with E-state index in [0.717, 1.165) is 5.56 Å². The molecule has 4 nitrogen and oxygen atoms in total. The van der Waals surface area contributed by atoms with Gasteiger partial charge in [-0.2, -0.15) is 0 Å². The van der Waals surface area contributed by atoms with E-state index in [0.29, 0.717) is 22.4 Å². The number of carbonyl (C=O) groups is 1. The monoisotopic (exact) mass is 284 g/mol. The molecule has 1 heterocycles. The fourth-order valence-corrected chi connectivity index (χ4v) is 1.88. The van der Waals surface area contributed by atoms with Crippen molar-refractivity contribution in [2.75, 3.05) is 0 Å². The zero-order chi connectivity index (χ0) is 13.1. The van der Waals surface area contributed by atoms with Crippen LogP contribution in [0.4, 0.5) is 0 Å². The van der Waals surface area contributed by atoms with Gasteiger partial charge in [-0.15, -0.1) is 0 Å². The van der Waals surface area contributed by atoms with Crippen molar-refractivity contribution in [3.05, 3.63) is 51.3 Å². The van der Waals surface area contributed by atoms with Crippen LogP contribution in [0.5, 0.6) is 0 Å². The van der Waals surface area contributed by atoms with Crippen LogP contribution in [-0.2, 0) is 6.54 Å². The van der Waals surface area contributed by atoms with Crippen LogP contribution in [0.3, 0.4) is 0 Å². The van der Waals surface area contributed by atoms with E-state index in [9.17, 15) is 4.79 Å². The van der Waals surface area contributed by atoms with Crippen molar-refractivity contribution < 1.29 is 9.32 Å². The smallest absolute Gasteiger partial charge is 0.273 e. The van der Waals surface area contributed by atoms with E-state index in [1.165, 1.54) is 0 Å². The third-order valence-electron chi connectivity index (χ3n) is 2.32. The highest BCUT2D eigenvalue weighted by molar-refractivity contribution is 6.35. The van der Waals surface area contributed by atoms with Gasteiger partial charge >= 0.3 is 0 Å². The van der Waals surface area contributed by atoms with E-state index in [2.05, 4.69) is 10.5 Å². The maximum Gasteiger partial charge on any atom is 0.273 e. The summed E-state index contributed by atoms with van der Waals surface area (Å²) in [4.78, 5) is 11.7. The quantitative estimate of drug-likeness (QED) is 0.942. The molecule has 1 amide bonds. The highest BCUT2D eigenvalue weighted by Gasteiger charge is 2.11. The van der Waals surface area contributed by atoms with Gasteiger partial charge in [0.25, 0.3) is 5.91 Å². The molecule has 0 saturated carbocycles. The van der Waals surface area contributed by atoms with Gasteiger partial charge in [-0.1, -0.05) is 34.4 Å². The molecule has 2 aromatic rings. The third-order valence-corrected chi connectivity index (χ3v) is 2.90. The molecule has 0 radical (unpaired) electrons. The molecule has 0 aliphatic carbocycles. The highest BCUT2D eigenvalue weighted by Crippen LogP contribution is 2.20. The molecule has 0 spiro atoms. The Morgan fingerprint density at radius 3 is 2.78 bits per heavy atom. The van der Waals surface area contributed by atoms with Gasteiger partial charge in [0.05, 0.1) is 0 Å². The maximum atomic E-state index is 11.7. The fraction of sp³-hybridized carbons (Fsp3) is 0.167. The third kappa shape index (κ3) is 3.03. The minimum absolute atomic E-state index is 0.248. The van der Waals surface area contributed by atoms with Crippen molar-refractivity contribution in [1.82, 2.24) is 10.5 Å². The number of hydrogen-bond donors (Lipinski definition) is 1. The molecule has 18 heavy (non-hydrogen) atoms. The van der Waals surface area contributed by atoms with Crippen LogP contribution in [0.25, 0.3) is 0 Å². The molecule has 0 aliphatic rings. The summed E-state index contributed by atoms with van der Waals surface area (Å²) < 4.78 is 4.82. The van der Waals surface area contributed by atoms with Gasteiger partial charge in [0.15, 0.2) is 5.69 Å². The number of nitrogens with one attached hydrogen (secondary N) is 1. The average Bonchev–Trinajstić information content (AvgIpc) is 2.74. The molecular formula is C12H10Cl2N2O2. The van der Waals surface area contributed by atoms with E-state index >= 15 is 0 Å². The number of benzene rings is 1. The van der Waals surface area contributed by atoms with Crippen LogP contribution in [0, 0.1) is 6.92 Å². The lowest BCUT2D eigenvalue weighted by Crippen LogP contribution is -2.23. The summed E-state index contributed by atoms with van der Waals surface area (Å²) in [6.45, 7) is 2.03. The van der Waals surface area contributed by atoms with Crippen LogP contribution in [0.15, 0.2) is 28.8 Å². The summed E-state index contributed by atoms with van der Waals surface area (Å²) in [5, 5.41) is 7.39. The SMILES string of the molecule is Cc1cc(C(=O)NCc2ccc(Cl)cc2Cl)no1. The zero-order valence-electron chi connectivity index (χ0n) is 9.54. The summed E-state index contributed by atoms with van der Waals surface area (Å²) in [6, 6.07) is 6.68. The van der Waals surface area contributed by atoms with Crippen molar-refractivity contribution in [3.8, 4) is 0 Å². The molecule has 1 aromatic carbocycles. The lowest BCUT2D eigenvalue weighted by molar-refractivity contribution is 0.0942. The van der Waals surface area contributed by atoms with Gasteiger partial charge in [0.2, 0.25) is 0 Å². The summed E-state index contributed by atoms with van der Waals surface area (Å²) in [7, 11) is 0. The number of carbonyl (C=O) groups excluding carboxylic acids is 1. The number of halogens is 2. The summed E-state index contributed by atoms with van der Waals surface area (Å²) >= 11 is 11.8. The molecule has 94 valence electrons. The first kappa shape index (κ1) is 12.9. The van der Waals surface area contributed by atoms with Crippen LogP contribution in [0.2, 0.25) is 10.0 Å². The maximum absolute atomic E-state index is 11.7. The Kier molecular flexibility index (Phi) is 3.89. The molecule has 0 atom stereocenters. The van der Waals surface area contributed by atoms with Gasteiger partial charge in [-0.05, 0) is 24.6 Å². The Balaban J connectivity index is 2.01. The highest BCUT2D eigenvalue weighted by atomic mass is 35.5. The Hall–Kier alpha value is -1.52. The standard InChI is InChI=1S/C12H10Cl2N2O2/c1-7-4-11(16-18-7)12(17)15-6-8-2-3-9(13)5-10(8)14/h2-5H,6H2,1H3,(H,15,17). The lowest BCUT2D eigenvalue weighted by Gasteiger charge is -2.05. The Labute approximate surface area is 114 Å².